The van der Waals surface area contributed by atoms with Crippen molar-refractivity contribution in [3.63, 3.8) is 0 Å². The highest BCUT2D eigenvalue weighted by atomic mass is 35.5. The van der Waals surface area contributed by atoms with E-state index in [4.69, 9.17) is 16.3 Å². The van der Waals surface area contributed by atoms with Gasteiger partial charge in [-0.3, -0.25) is 9.79 Å². The predicted molar refractivity (Wildman–Crippen MR) is 109 cm³/mol. The largest absolute Gasteiger partial charge is 0.497 e. The summed E-state index contributed by atoms with van der Waals surface area (Å²) in [6.07, 6.45) is 0. The Balaban J connectivity index is 1.80. The van der Waals surface area contributed by atoms with E-state index in [2.05, 4.69) is 15.6 Å². The van der Waals surface area contributed by atoms with Crippen LogP contribution in [0.4, 0.5) is 0 Å². The number of rotatable bonds is 7. The Morgan fingerprint density at radius 1 is 1.15 bits per heavy atom. The van der Waals surface area contributed by atoms with Crippen LogP contribution in [-0.4, -0.2) is 44.5 Å². The molecule has 2 N–H and O–H groups in total. The minimum Gasteiger partial charge on any atom is -0.497 e. The van der Waals surface area contributed by atoms with Gasteiger partial charge in [0.05, 0.1) is 13.7 Å². The highest BCUT2D eigenvalue weighted by Crippen LogP contribution is 2.16. The Morgan fingerprint density at radius 2 is 1.85 bits per heavy atom. The molecule has 0 aliphatic rings. The minimum atomic E-state index is -0.113. The van der Waals surface area contributed by atoms with Gasteiger partial charge in [0.25, 0.3) is 0 Å². The fraction of sp³-hybridized carbons (Fsp3) is 0.300. The number of carbonyl (C=O) groups excluding carboxylic acids is 1. The molecule has 1 amide bonds. The van der Waals surface area contributed by atoms with Crippen LogP contribution in [0.1, 0.15) is 11.1 Å². The molecule has 7 heteroatoms. The van der Waals surface area contributed by atoms with Gasteiger partial charge in [-0.15, -0.1) is 0 Å². The Morgan fingerprint density at radius 3 is 2.48 bits per heavy atom. The summed E-state index contributed by atoms with van der Waals surface area (Å²) in [5, 5.41) is 6.65. The van der Waals surface area contributed by atoms with Crippen LogP contribution in [0.25, 0.3) is 0 Å². The molecule has 0 aliphatic carbocycles. The molecule has 0 saturated carbocycles. The molecular weight excluding hydrogens is 364 g/mol. The van der Waals surface area contributed by atoms with E-state index in [0.29, 0.717) is 24.1 Å². The number of carbonyl (C=O) groups is 1. The smallest absolute Gasteiger partial charge is 0.239 e. The quantitative estimate of drug-likeness (QED) is 0.565. The first-order chi connectivity index (χ1) is 13.0. The molecule has 0 atom stereocenters. The lowest BCUT2D eigenvalue weighted by Crippen LogP contribution is -2.43. The Hall–Kier alpha value is -2.73. The van der Waals surface area contributed by atoms with Gasteiger partial charge in [0, 0.05) is 32.2 Å². The maximum Gasteiger partial charge on any atom is 0.239 e. The highest BCUT2D eigenvalue weighted by Gasteiger charge is 2.10. The topological polar surface area (TPSA) is 66.0 Å². The van der Waals surface area contributed by atoms with Crippen LogP contribution in [-0.2, 0) is 17.9 Å². The van der Waals surface area contributed by atoms with Gasteiger partial charge in [-0.25, -0.2) is 0 Å². The fourth-order valence-corrected chi connectivity index (χ4v) is 2.70. The summed E-state index contributed by atoms with van der Waals surface area (Å²) in [7, 11) is 5.20. The summed E-state index contributed by atoms with van der Waals surface area (Å²) in [5.41, 5.74) is 2.00. The van der Waals surface area contributed by atoms with E-state index in [9.17, 15) is 4.79 Å². The van der Waals surface area contributed by atoms with Crippen LogP contribution in [0.15, 0.2) is 53.5 Å². The number of hydrogen-bond acceptors (Lipinski definition) is 3. The highest BCUT2D eigenvalue weighted by molar-refractivity contribution is 6.31. The van der Waals surface area contributed by atoms with Crippen LogP contribution < -0.4 is 15.4 Å². The molecule has 0 radical (unpaired) electrons. The molecule has 144 valence electrons. The number of halogens is 1. The first kappa shape index (κ1) is 20.6. The maximum atomic E-state index is 12.1. The number of benzene rings is 2. The molecule has 0 aliphatic heterocycles. The van der Waals surface area contributed by atoms with E-state index in [1.54, 1.807) is 14.2 Å². The number of hydrogen-bond donors (Lipinski definition) is 2. The molecule has 2 aromatic carbocycles. The zero-order valence-corrected chi connectivity index (χ0v) is 16.6. The summed E-state index contributed by atoms with van der Waals surface area (Å²) in [5.74, 6) is 1.30. The second-order valence-corrected chi connectivity index (χ2v) is 6.38. The van der Waals surface area contributed by atoms with Gasteiger partial charge in [-0.1, -0.05) is 41.9 Å². The third-order valence-electron chi connectivity index (χ3n) is 3.99. The summed E-state index contributed by atoms with van der Waals surface area (Å²) in [6.45, 7) is 1.18. The fourth-order valence-electron chi connectivity index (χ4n) is 2.51. The molecule has 2 rings (SSSR count). The van der Waals surface area contributed by atoms with E-state index in [1.807, 2.05) is 60.5 Å². The van der Waals surface area contributed by atoms with Crippen molar-refractivity contribution in [2.45, 2.75) is 13.1 Å². The van der Waals surface area contributed by atoms with Crippen molar-refractivity contribution in [1.29, 1.82) is 0 Å². The standard InChI is InChI=1S/C20H25ClN4O2/c1-22-20(25(2)14-16-6-4-5-7-18(16)21)24-13-19(26)23-12-15-8-10-17(27-3)11-9-15/h4-11H,12-14H2,1-3H3,(H,22,24)(H,23,26). The molecule has 0 heterocycles. The second kappa shape index (κ2) is 10.4. The van der Waals surface area contributed by atoms with Gasteiger partial charge in [0.1, 0.15) is 5.75 Å². The summed E-state index contributed by atoms with van der Waals surface area (Å²) < 4.78 is 5.12. The second-order valence-electron chi connectivity index (χ2n) is 5.97. The molecule has 2 aromatic rings. The molecule has 0 aromatic heterocycles. The van der Waals surface area contributed by atoms with Crippen molar-refractivity contribution < 1.29 is 9.53 Å². The normalized spacial score (nSPS) is 11.0. The SMILES string of the molecule is CN=C(NCC(=O)NCc1ccc(OC)cc1)N(C)Cc1ccccc1Cl. The Bertz CT molecular complexity index is 778. The average Bonchev–Trinajstić information content (AvgIpc) is 2.69. The van der Waals surface area contributed by atoms with Crippen molar-refractivity contribution >= 4 is 23.5 Å². The zero-order valence-electron chi connectivity index (χ0n) is 15.8. The van der Waals surface area contributed by atoms with Crippen molar-refractivity contribution in [3.8, 4) is 5.75 Å². The van der Waals surface area contributed by atoms with Crippen LogP contribution in [0.2, 0.25) is 5.02 Å². The van der Waals surface area contributed by atoms with E-state index < -0.39 is 0 Å². The first-order valence-corrected chi connectivity index (χ1v) is 8.96. The van der Waals surface area contributed by atoms with Gasteiger partial charge in [0.2, 0.25) is 5.91 Å². The number of amides is 1. The number of guanidine groups is 1. The molecule has 0 fully saturated rings. The summed E-state index contributed by atoms with van der Waals surface area (Å²) in [4.78, 5) is 18.2. The number of aliphatic imine (C=N–C) groups is 1. The predicted octanol–water partition coefficient (Wildman–Crippen LogP) is 2.67. The third kappa shape index (κ3) is 6.49. The van der Waals surface area contributed by atoms with Crippen molar-refractivity contribution in [3.05, 3.63) is 64.7 Å². The van der Waals surface area contributed by atoms with Gasteiger partial charge in [-0.05, 0) is 29.3 Å². The number of nitrogens with one attached hydrogen (secondary N) is 2. The number of methoxy groups -OCH3 is 1. The lowest BCUT2D eigenvalue weighted by atomic mass is 10.2. The van der Waals surface area contributed by atoms with Crippen LogP contribution >= 0.6 is 11.6 Å². The Kier molecular flexibility index (Phi) is 7.95. The Labute approximate surface area is 165 Å². The van der Waals surface area contributed by atoms with E-state index in [0.717, 1.165) is 16.9 Å². The van der Waals surface area contributed by atoms with Gasteiger partial charge in [-0.2, -0.15) is 0 Å². The van der Waals surface area contributed by atoms with Crippen molar-refractivity contribution in [2.75, 3.05) is 27.7 Å². The number of nitrogens with zero attached hydrogens (tertiary/aromatic N) is 2. The zero-order chi connectivity index (χ0) is 19.6. The van der Waals surface area contributed by atoms with Crippen molar-refractivity contribution in [1.82, 2.24) is 15.5 Å². The van der Waals surface area contributed by atoms with E-state index in [1.165, 1.54) is 0 Å². The maximum absolute atomic E-state index is 12.1. The van der Waals surface area contributed by atoms with Crippen molar-refractivity contribution in [2.24, 2.45) is 4.99 Å². The van der Waals surface area contributed by atoms with Crippen LogP contribution in [0.5, 0.6) is 5.75 Å². The van der Waals surface area contributed by atoms with Crippen LogP contribution in [0, 0.1) is 0 Å². The summed E-state index contributed by atoms with van der Waals surface area (Å²) in [6, 6.07) is 15.2. The van der Waals surface area contributed by atoms with Gasteiger partial charge < -0.3 is 20.3 Å². The average molecular weight is 389 g/mol. The molecule has 6 nitrogen and oxygen atoms in total. The molecular formula is C20H25ClN4O2. The molecule has 0 saturated heterocycles. The molecule has 0 bridgehead atoms. The molecule has 27 heavy (non-hydrogen) atoms. The number of ether oxygens (including phenoxy) is 1. The molecule has 0 spiro atoms. The first-order valence-electron chi connectivity index (χ1n) is 8.58. The summed E-state index contributed by atoms with van der Waals surface area (Å²) >= 11 is 6.20. The van der Waals surface area contributed by atoms with E-state index in [-0.39, 0.29) is 12.5 Å². The van der Waals surface area contributed by atoms with Gasteiger partial charge in [0.15, 0.2) is 5.96 Å². The molecule has 0 unspecified atom stereocenters. The minimum absolute atomic E-state index is 0.113. The van der Waals surface area contributed by atoms with Gasteiger partial charge >= 0.3 is 0 Å². The third-order valence-corrected chi connectivity index (χ3v) is 4.36. The monoisotopic (exact) mass is 388 g/mol. The van der Waals surface area contributed by atoms with E-state index >= 15 is 0 Å². The lowest BCUT2D eigenvalue weighted by molar-refractivity contribution is -0.120. The van der Waals surface area contributed by atoms with Crippen LogP contribution in [0.3, 0.4) is 0 Å². The lowest BCUT2D eigenvalue weighted by Gasteiger charge is -2.22.